The number of carbonyl (C=O) groups is 2. The number of thiazole rings is 2. The number of fused-ring (bicyclic) bond motifs is 2. The van der Waals surface area contributed by atoms with E-state index in [4.69, 9.17) is 14.5 Å². The van der Waals surface area contributed by atoms with Gasteiger partial charge < -0.3 is 14.4 Å². The van der Waals surface area contributed by atoms with Crippen molar-refractivity contribution in [3.8, 4) is 0 Å². The quantitative estimate of drug-likeness (QED) is 0.0843. The Hall–Kier alpha value is -3.12. The summed E-state index contributed by atoms with van der Waals surface area (Å²) in [6.07, 6.45) is 0.769. The Kier molecular flexibility index (Phi) is 8.84. The number of hydrogen-bond acceptors (Lipinski definition) is 9. The summed E-state index contributed by atoms with van der Waals surface area (Å²) in [6.45, 7) is 14.5. The zero-order chi connectivity index (χ0) is 30.1. The fourth-order valence-corrected chi connectivity index (χ4v) is 7.16. The Morgan fingerprint density at radius 2 is 1.86 bits per heavy atom. The van der Waals surface area contributed by atoms with E-state index in [-0.39, 0.29) is 12.6 Å². The summed E-state index contributed by atoms with van der Waals surface area (Å²) in [7, 11) is -1.28. The Morgan fingerprint density at radius 1 is 1.07 bits per heavy atom. The highest BCUT2D eigenvalue weighted by Crippen LogP contribution is 2.33. The van der Waals surface area contributed by atoms with Crippen molar-refractivity contribution >= 4 is 63.1 Å². The number of benzene rings is 2. The van der Waals surface area contributed by atoms with Crippen molar-refractivity contribution in [3.05, 3.63) is 70.2 Å². The van der Waals surface area contributed by atoms with Crippen LogP contribution < -0.4 is 9.80 Å². The SMILES string of the molecule is CC(C)(C)OC(=O)c1csc(N2CCc3cccc(C(=O)N(COCC[Si](C)(C)C)c4nc5ccccc5s4)c3C2)n1. The lowest BCUT2D eigenvalue weighted by Gasteiger charge is -2.31. The van der Waals surface area contributed by atoms with Gasteiger partial charge in [-0.2, -0.15) is 0 Å². The molecule has 0 radical (unpaired) electrons. The molecule has 0 bridgehead atoms. The van der Waals surface area contributed by atoms with Crippen LogP contribution >= 0.6 is 22.7 Å². The Labute approximate surface area is 256 Å². The average Bonchev–Trinajstić information content (AvgIpc) is 3.58. The largest absolute Gasteiger partial charge is 0.455 e. The third-order valence-corrected chi connectivity index (χ3v) is 10.5. The van der Waals surface area contributed by atoms with Crippen molar-refractivity contribution in [1.82, 2.24) is 9.97 Å². The van der Waals surface area contributed by atoms with Gasteiger partial charge in [0.1, 0.15) is 12.3 Å². The van der Waals surface area contributed by atoms with Crippen molar-refractivity contribution < 1.29 is 19.1 Å². The van der Waals surface area contributed by atoms with Crippen LogP contribution in [-0.4, -0.2) is 55.4 Å². The van der Waals surface area contributed by atoms with Gasteiger partial charge >= 0.3 is 5.97 Å². The molecule has 8 nitrogen and oxygen atoms in total. The van der Waals surface area contributed by atoms with Crippen LogP contribution in [-0.2, 0) is 22.4 Å². The molecule has 2 aromatic heterocycles. The molecule has 0 saturated heterocycles. The van der Waals surface area contributed by atoms with Gasteiger partial charge in [-0.1, -0.05) is 55.2 Å². The number of anilines is 2. The van der Waals surface area contributed by atoms with E-state index in [9.17, 15) is 9.59 Å². The maximum atomic E-state index is 14.3. The van der Waals surface area contributed by atoms with Gasteiger partial charge in [-0.05, 0) is 62.6 Å². The van der Waals surface area contributed by atoms with Gasteiger partial charge in [0, 0.05) is 38.7 Å². The second-order valence-corrected chi connectivity index (χ2v) is 20.1. The molecule has 0 saturated carbocycles. The molecule has 11 heteroatoms. The minimum absolute atomic E-state index is 0.130. The summed E-state index contributed by atoms with van der Waals surface area (Å²) in [4.78, 5) is 40.0. The smallest absolute Gasteiger partial charge is 0.358 e. The minimum atomic E-state index is -1.28. The first kappa shape index (κ1) is 30.3. The number of nitrogens with zero attached hydrogens (tertiary/aromatic N) is 4. The zero-order valence-electron chi connectivity index (χ0n) is 25.1. The monoisotopic (exact) mass is 622 g/mol. The summed E-state index contributed by atoms with van der Waals surface area (Å²) in [5.74, 6) is -0.562. The van der Waals surface area contributed by atoms with Crippen LogP contribution in [0.5, 0.6) is 0 Å². The maximum Gasteiger partial charge on any atom is 0.358 e. The molecule has 3 heterocycles. The van der Waals surface area contributed by atoms with Gasteiger partial charge in [0.05, 0.1) is 10.2 Å². The van der Waals surface area contributed by atoms with Gasteiger partial charge in [-0.3, -0.25) is 9.69 Å². The van der Waals surface area contributed by atoms with Crippen LogP contribution in [0.1, 0.15) is 52.7 Å². The first-order chi connectivity index (χ1) is 19.9. The van der Waals surface area contributed by atoms with Crippen molar-refractivity contribution in [2.75, 3.05) is 29.7 Å². The molecule has 0 aliphatic carbocycles. The summed E-state index contributed by atoms with van der Waals surface area (Å²) < 4.78 is 12.6. The molecule has 0 spiro atoms. The predicted octanol–water partition coefficient (Wildman–Crippen LogP) is 7.23. The van der Waals surface area contributed by atoms with Crippen LogP contribution in [0.15, 0.2) is 47.8 Å². The van der Waals surface area contributed by atoms with Crippen molar-refractivity contribution in [2.45, 2.75) is 65.0 Å². The highest BCUT2D eigenvalue weighted by molar-refractivity contribution is 7.22. The molecule has 5 rings (SSSR count). The maximum absolute atomic E-state index is 14.3. The fourth-order valence-electron chi connectivity index (χ4n) is 4.63. The molecule has 0 N–H and O–H groups in total. The topological polar surface area (TPSA) is 84.9 Å². The molecule has 1 aliphatic heterocycles. The number of carbonyl (C=O) groups excluding carboxylic acids is 2. The first-order valence-corrected chi connectivity index (χ1v) is 19.6. The van der Waals surface area contributed by atoms with E-state index >= 15 is 0 Å². The first-order valence-electron chi connectivity index (χ1n) is 14.2. The van der Waals surface area contributed by atoms with Crippen LogP contribution in [0.2, 0.25) is 25.7 Å². The molecule has 1 amide bonds. The second kappa shape index (κ2) is 12.2. The molecule has 42 heavy (non-hydrogen) atoms. The predicted molar refractivity (Wildman–Crippen MR) is 174 cm³/mol. The molecule has 1 aliphatic rings. The lowest BCUT2D eigenvalue weighted by atomic mass is 9.94. The van der Waals surface area contributed by atoms with Gasteiger partial charge in [0.25, 0.3) is 5.91 Å². The van der Waals surface area contributed by atoms with E-state index in [2.05, 4.69) is 35.6 Å². The van der Waals surface area contributed by atoms with Crippen molar-refractivity contribution in [1.29, 1.82) is 0 Å². The Balaban J connectivity index is 1.41. The summed E-state index contributed by atoms with van der Waals surface area (Å²) in [5, 5.41) is 3.10. The van der Waals surface area contributed by atoms with Gasteiger partial charge in [-0.15, -0.1) is 11.3 Å². The van der Waals surface area contributed by atoms with E-state index in [0.29, 0.717) is 29.5 Å². The Bertz CT molecular complexity index is 1550. The van der Waals surface area contributed by atoms with Crippen LogP contribution in [0, 0.1) is 0 Å². The molecule has 0 fully saturated rings. The van der Waals surface area contributed by atoms with E-state index in [1.807, 2.05) is 57.2 Å². The summed E-state index contributed by atoms with van der Waals surface area (Å²) in [6, 6.07) is 14.9. The number of esters is 1. The standard InChI is InChI=1S/C31H38N4O4S2Si/c1-31(2,3)39-28(37)25-19-40-29(33-25)34-15-14-21-10-9-11-22(23(21)18-34)27(36)35(20-38-16-17-42(4,5)6)30-32-24-12-7-8-13-26(24)41-30/h7-13,19H,14-18,20H2,1-6H3. The van der Waals surface area contributed by atoms with E-state index in [1.54, 1.807) is 10.3 Å². The van der Waals surface area contributed by atoms with Gasteiger partial charge in [0.15, 0.2) is 16.0 Å². The van der Waals surface area contributed by atoms with E-state index in [1.165, 1.54) is 22.7 Å². The number of ether oxygens (including phenoxy) is 2. The number of para-hydroxylation sites is 1. The average molecular weight is 623 g/mol. The molecular formula is C31H38N4O4S2Si. The molecule has 0 atom stereocenters. The highest BCUT2D eigenvalue weighted by atomic mass is 32.1. The molecule has 4 aromatic rings. The number of aromatic nitrogens is 2. The molecule has 222 valence electrons. The van der Waals surface area contributed by atoms with Crippen LogP contribution in [0.3, 0.4) is 0 Å². The molecule has 0 unspecified atom stereocenters. The zero-order valence-corrected chi connectivity index (χ0v) is 27.7. The highest BCUT2D eigenvalue weighted by Gasteiger charge is 2.29. The van der Waals surface area contributed by atoms with Gasteiger partial charge in [-0.25, -0.2) is 14.8 Å². The van der Waals surface area contributed by atoms with E-state index in [0.717, 1.165) is 45.5 Å². The fraction of sp³-hybridized carbons (Fsp3) is 0.419. The number of rotatable bonds is 9. The number of hydrogen-bond donors (Lipinski definition) is 0. The molecular weight excluding hydrogens is 585 g/mol. The van der Waals surface area contributed by atoms with Crippen molar-refractivity contribution in [2.24, 2.45) is 0 Å². The minimum Gasteiger partial charge on any atom is -0.455 e. The van der Waals surface area contributed by atoms with Crippen LogP contribution in [0.25, 0.3) is 10.2 Å². The number of amides is 1. The second-order valence-electron chi connectivity index (χ2n) is 12.7. The summed E-state index contributed by atoms with van der Waals surface area (Å²) >= 11 is 2.91. The third kappa shape index (κ3) is 7.26. The summed E-state index contributed by atoms with van der Waals surface area (Å²) in [5.41, 5.74) is 3.32. The lowest BCUT2D eigenvalue weighted by molar-refractivity contribution is 0.00636. The normalized spacial score (nSPS) is 13.7. The van der Waals surface area contributed by atoms with Gasteiger partial charge in [0.2, 0.25) is 0 Å². The van der Waals surface area contributed by atoms with Crippen molar-refractivity contribution in [3.63, 3.8) is 0 Å². The third-order valence-electron chi connectivity index (χ3n) is 6.85. The molecule has 2 aromatic carbocycles. The van der Waals surface area contributed by atoms with Crippen LogP contribution in [0.4, 0.5) is 10.3 Å². The lowest BCUT2D eigenvalue weighted by Crippen LogP contribution is -2.37. The Morgan fingerprint density at radius 3 is 2.60 bits per heavy atom. The van der Waals surface area contributed by atoms with E-state index < -0.39 is 19.6 Å².